The van der Waals surface area contributed by atoms with Crippen LogP contribution in [0, 0.1) is 6.92 Å². The molecule has 148 valence electrons. The third kappa shape index (κ3) is 5.84. The number of ether oxygens (including phenoxy) is 1. The van der Waals surface area contributed by atoms with Crippen molar-refractivity contribution in [1.29, 1.82) is 0 Å². The molecule has 1 heterocycles. The zero-order valence-electron chi connectivity index (χ0n) is 16.4. The van der Waals surface area contributed by atoms with Crippen LogP contribution in [0.25, 0.3) is 0 Å². The van der Waals surface area contributed by atoms with Crippen LogP contribution in [0.1, 0.15) is 30.4 Å². The molecule has 3 rings (SSSR count). The van der Waals surface area contributed by atoms with Gasteiger partial charge in [0.1, 0.15) is 11.8 Å². The molecule has 2 aromatic rings. The van der Waals surface area contributed by atoms with E-state index < -0.39 is 6.04 Å². The summed E-state index contributed by atoms with van der Waals surface area (Å²) in [6, 6.07) is 16.8. The van der Waals surface area contributed by atoms with E-state index in [0.717, 1.165) is 43.5 Å². The van der Waals surface area contributed by atoms with Crippen LogP contribution < -0.4 is 10.1 Å². The molecule has 0 saturated carbocycles. The summed E-state index contributed by atoms with van der Waals surface area (Å²) >= 11 is 0. The Morgan fingerprint density at radius 3 is 2.36 bits per heavy atom. The molecule has 5 heteroatoms. The van der Waals surface area contributed by atoms with E-state index in [-0.39, 0.29) is 18.4 Å². The Labute approximate surface area is 166 Å². The fourth-order valence-corrected chi connectivity index (χ4v) is 3.40. The number of hydrogen-bond donors (Lipinski definition) is 1. The quantitative estimate of drug-likeness (QED) is 0.803. The van der Waals surface area contributed by atoms with E-state index in [1.807, 2.05) is 66.4 Å². The SMILES string of the molecule is Cc1ccc(OCC(=O)N[C@@H](Cc2ccccc2)C(=O)N2CCCCC2)cc1. The minimum Gasteiger partial charge on any atom is -0.484 e. The third-order valence-corrected chi connectivity index (χ3v) is 4.97. The molecule has 1 aliphatic heterocycles. The second kappa shape index (κ2) is 9.93. The number of aryl methyl sites for hydroxylation is 1. The van der Waals surface area contributed by atoms with Crippen LogP contribution in [-0.4, -0.2) is 42.5 Å². The van der Waals surface area contributed by atoms with Crippen molar-refractivity contribution in [3.8, 4) is 5.75 Å². The third-order valence-electron chi connectivity index (χ3n) is 4.97. The van der Waals surface area contributed by atoms with Crippen LogP contribution >= 0.6 is 0 Å². The lowest BCUT2D eigenvalue weighted by molar-refractivity contribution is -0.137. The molecule has 1 fully saturated rings. The van der Waals surface area contributed by atoms with Crippen LogP contribution in [0.15, 0.2) is 54.6 Å². The molecular formula is C23H28N2O3. The van der Waals surface area contributed by atoms with E-state index in [1.165, 1.54) is 0 Å². The van der Waals surface area contributed by atoms with Crippen LogP contribution in [0.5, 0.6) is 5.75 Å². The van der Waals surface area contributed by atoms with Gasteiger partial charge >= 0.3 is 0 Å². The lowest BCUT2D eigenvalue weighted by Gasteiger charge is -2.31. The van der Waals surface area contributed by atoms with Crippen molar-refractivity contribution in [2.24, 2.45) is 0 Å². The zero-order chi connectivity index (χ0) is 19.8. The molecule has 1 atom stereocenters. The number of nitrogens with zero attached hydrogens (tertiary/aromatic N) is 1. The highest BCUT2D eigenvalue weighted by atomic mass is 16.5. The highest BCUT2D eigenvalue weighted by molar-refractivity contribution is 5.88. The Balaban J connectivity index is 1.62. The molecule has 0 unspecified atom stereocenters. The van der Waals surface area contributed by atoms with Crippen molar-refractivity contribution in [2.45, 2.75) is 38.6 Å². The molecule has 0 bridgehead atoms. The summed E-state index contributed by atoms with van der Waals surface area (Å²) in [6.45, 7) is 3.41. The van der Waals surface area contributed by atoms with Crippen LogP contribution in [-0.2, 0) is 16.0 Å². The van der Waals surface area contributed by atoms with Crippen molar-refractivity contribution < 1.29 is 14.3 Å². The van der Waals surface area contributed by atoms with Crippen molar-refractivity contribution >= 4 is 11.8 Å². The summed E-state index contributed by atoms with van der Waals surface area (Å²) in [6.07, 6.45) is 3.68. The van der Waals surface area contributed by atoms with Gasteiger partial charge in [0.25, 0.3) is 5.91 Å². The first-order valence-electron chi connectivity index (χ1n) is 9.93. The summed E-state index contributed by atoms with van der Waals surface area (Å²) < 4.78 is 5.56. The number of rotatable bonds is 7. The summed E-state index contributed by atoms with van der Waals surface area (Å²) in [5, 5.41) is 2.89. The summed E-state index contributed by atoms with van der Waals surface area (Å²) in [5.41, 5.74) is 2.16. The number of carbonyl (C=O) groups is 2. The zero-order valence-corrected chi connectivity index (χ0v) is 16.4. The van der Waals surface area contributed by atoms with Gasteiger partial charge in [-0.3, -0.25) is 9.59 Å². The summed E-state index contributed by atoms with van der Waals surface area (Å²) in [7, 11) is 0. The molecule has 0 aliphatic carbocycles. The number of piperidine rings is 1. The Morgan fingerprint density at radius 1 is 1.00 bits per heavy atom. The molecule has 1 saturated heterocycles. The molecule has 0 radical (unpaired) electrons. The van der Waals surface area contributed by atoms with Crippen LogP contribution in [0.3, 0.4) is 0 Å². The standard InChI is InChI=1S/C23H28N2O3/c1-18-10-12-20(13-11-18)28-17-22(26)24-21(16-19-8-4-2-5-9-19)23(27)25-14-6-3-7-15-25/h2,4-5,8-13,21H,3,6-7,14-17H2,1H3,(H,24,26)/t21-/m0/s1. The Bertz CT molecular complexity index is 768. The Kier molecular flexibility index (Phi) is 7.06. The number of benzene rings is 2. The predicted molar refractivity (Wildman–Crippen MR) is 109 cm³/mol. The van der Waals surface area contributed by atoms with Gasteiger partial charge in [0.05, 0.1) is 0 Å². The fraction of sp³-hybridized carbons (Fsp3) is 0.391. The maximum absolute atomic E-state index is 13.0. The van der Waals surface area contributed by atoms with E-state index >= 15 is 0 Å². The van der Waals surface area contributed by atoms with Gasteiger partial charge in [-0.15, -0.1) is 0 Å². The average Bonchev–Trinajstić information content (AvgIpc) is 2.74. The van der Waals surface area contributed by atoms with Gasteiger partial charge < -0.3 is 15.0 Å². The van der Waals surface area contributed by atoms with Gasteiger partial charge in [0, 0.05) is 19.5 Å². The highest BCUT2D eigenvalue weighted by Gasteiger charge is 2.27. The van der Waals surface area contributed by atoms with Gasteiger partial charge in [0.2, 0.25) is 5.91 Å². The number of amides is 2. The smallest absolute Gasteiger partial charge is 0.258 e. The molecule has 0 aromatic heterocycles. The monoisotopic (exact) mass is 380 g/mol. The minimum atomic E-state index is -0.574. The number of hydrogen-bond acceptors (Lipinski definition) is 3. The van der Waals surface area contributed by atoms with E-state index in [0.29, 0.717) is 12.2 Å². The molecule has 28 heavy (non-hydrogen) atoms. The largest absolute Gasteiger partial charge is 0.484 e. The minimum absolute atomic E-state index is 0.00719. The molecule has 1 aliphatic rings. The van der Waals surface area contributed by atoms with Crippen molar-refractivity contribution in [3.05, 3.63) is 65.7 Å². The lowest BCUT2D eigenvalue weighted by atomic mass is 10.0. The van der Waals surface area contributed by atoms with E-state index in [1.54, 1.807) is 0 Å². The van der Waals surface area contributed by atoms with Gasteiger partial charge in [-0.2, -0.15) is 0 Å². The topological polar surface area (TPSA) is 58.6 Å². The van der Waals surface area contributed by atoms with Gasteiger partial charge in [-0.05, 0) is 43.9 Å². The van der Waals surface area contributed by atoms with E-state index in [4.69, 9.17) is 4.74 Å². The Hall–Kier alpha value is -2.82. The van der Waals surface area contributed by atoms with Crippen LogP contribution in [0.4, 0.5) is 0 Å². The Morgan fingerprint density at radius 2 is 1.68 bits per heavy atom. The van der Waals surface area contributed by atoms with Crippen molar-refractivity contribution in [2.75, 3.05) is 19.7 Å². The highest BCUT2D eigenvalue weighted by Crippen LogP contribution is 2.13. The van der Waals surface area contributed by atoms with Crippen molar-refractivity contribution in [3.63, 3.8) is 0 Å². The first-order valence-corrected chi connectivity index (χ1v) is 9.93. The van der Waals surface area contributed by atoms with Gasteiger partial charge in [-0.1, -0.05) is 48.0 Å². The molecular weight excluding hydrogens is 352 g/mol. The van der Waals surface area contributed by atoms with Gasteiger partial charge in [-0.25, -0.2) is 0 Å². The second-order valence-corrected chi connectivity index (χ2v) is 7.30. The molecule has 2 aromatic carbocycles. The molecule has 5 nitrogen and oxygen atoms in total. The predicted octanol–water partition coefficient (Wildman–Crippen LogP) is 3.11. The van der Waals surface area contributed by atoms with Crippen LogP contribution in [0.2, 0.25) is 0 Å². The number of likely N-dealkylation sites (tertiary alicyclic amines) is 1. The van der Waals surface area contributed by atoms with Crippen molar-refractivity contribution in [1.82, 2.24) is 10.2 Å². The molecule has 1 N–H and O–H groups in total. The van der Waals surface area contributed by atoms with E-state index in [2.05, 4.69) is 5.32 Å². The number of carbonyl (C=O) groups excluding carboxylic acids is 2. The van der Waals surface area contributed by atoms with Gasteiger partial charge in [0.15, 0.2) is 6.61 Å². The summed E-state index contributed by atoms with van der Waals surface area (Å²) in [4.78, 5) is 27.4. The van der Waals surface area contributed by atoms with E-state index in [9.17, 15) is 9.59 Å². The maximum atomic E-state index is 13.0. The molecule has 2 amide bonds. The lowest BCUT2D eigenvalue weighted by Crippen LogP contribution is -2.51. The fourth-order valence-electron chi connectivity index (χ4n) is 3.40. The average molecular weight is 380 g/mol. The summed E-state index contributed by atoms with van der Waals surface area (Å²) in [5.74, 6) is 0.349. The first-order chi connectivity index (χ1) is 13.6. The normalized spacial score (nSPS) is 15.0. The first kappa shape index (κ1) is 19.9. The second-order valence-electron chi connectivity index (χ2n) is 7.30. The maximum Gasteiger partial charge on any atom is 0.258 e. The molecule has 0 spiro atoms. The number of nitrogens with one attached hydrogen (secondary N) is 1.